The van der Waals surface area contributed by atoms with E-state index < -0.39 is 0 Å². The van der Waals surface area contributed by atoms with Crippen LogP contribution in [0.15, 0.2) is 36.4 Å². The molecule has 2 unspecified atom stereocenters. The molecule has 0 amide bonds. The number of phenolic OH excluding ortho intramolecular Hbond substituents is 1. The van der Waals surface area contributed by atoms with Gasteiger partial charge >= 0.3 is 0 Å². The molecule has 1 N–H and O–H groups in total. The number of nitrogens with zero attached hydrogens (tertiary/aromatic N) is 1. The Morgan fingerprint density at radius 2 is 2.00 bits per heavy atom. The minimum absolute atomic E-state index is 0.278. The number of piperidine rings is 1. The summed E-state index contributed by atoms with van der Waals surface area (Å²) in [6.07, 6.45) is 5.09. The summed E-state index contributed by atoms with van der Waals surface area (Å²) in [6, 6.07) is 13.2. The number of hydrogen-bond acceptors (Lipinski definition) is 2. The fraction of sp³-hybridized carbons (Fsp3) is 0.474. The van der Waals surface area contributed by atoms with Crippen LogP contribution in [0.3, 0.4) is 0 Å². The molecule has 2 atom stereocenters. The summed E-state index contributed by atoms with van der Waals surface area (Å²) in [6.45, 7) is 5.65. The lowest BCUT2D eigenvalue weighted by molar-refractivity contribution is 0.0989. The highest BCUT2D eigenvalue weighted by Crippen LogP contribution is 2.37. The molecule has 2 aromatic carbocycles. The molecule has 21 heavy (non-hydrogen) atoms. The molecule has 2 aromatic rings. The lowest BCUT2D eigenvalue weighted by atomic mass is 9.94. The Labute approximate surface area is 127 Å². The second-order valence-electron chi connectivity index (χ2n) is 6.20. The van der Waals surface area contributed by atoms with E-state index >= 15 is 0 Å². The van der Waals surface area contributed by atoms with Gasteiger partial charge in [-0.25, -0.2) is 0 Å². The van der Waals surface area contributed by atoms with Crippen LogP contribution in [-0.2, 0) is 0 Å². The maximum Gasteiger partial charge on any atom is 0.128 e. The van der Waals surface area contributed by atoms with E-state index in [1.807, 2.05) is 18.2 Å². The Balaban J connectivity index is 1.97. The van der Waals surface area contributed by atoms with E-state index in [1.54, 1.807) is 0 Å². The van der Waals surface area contributed by atoms with Crippen molar-refractivity contribution in [3.63, 3.8) is 0 Å². The van der Waals surface area contributed by atoms with Crippen molar-refractivity contribution in [3.05, 3.63) is 42.0 Å². The molecule has 3 rings (SSSR count). The summed E-state index contributed by atoms with van der Waals surface area (Å²) < 4.78 is 0. The van der Waals surface area contributed by atoms with Gasteiger partial charge in [-0.1, -0.05) is 49.7 Å². The van der Waals surface area contributed by atoms with Gasteiger partial charge in [0.25, 0.3) is 0 Å². The number of phenols is 1. The van der Waals surface area contributed by atoms with Crippen molar-refractivity contribution in [2.24, 2.45) is 0 Å². The summed E-state index contributed by atoms with van der Waals surface area (Å²) >= 11 is 0. The maximum absolute atomic E-state index is 10.7. The Morgan fingerprint density at radius 3 is 2.81 bits per heavy atom. The molecular weight excluding hydrogens is 258 g/mol. The predicted molar refractivity (Wildman–Crippen MR) is 88.7 cm³/mol. The van der Waals surface area contributed by atoms with E-state index in [-0.39, 0.29) is 6.04 Å². The maximum atomic E-state index is 10.7. The molecule has 2 heteroatoms. The van der Waals surface area contributed by atoms with Crippen LogP contribution in [0.2, 0.25) is 0 Å². The molecule has 112 valence electrons. The summed E-state index contributed by atoms with van der Waals surface area (Å²) in [5.41, 5.74) is 1.06. The molecule has 1 heterocycles. The first-order valence-electron chi connectivity index (χ1n) is 8.18. The van der Waals surface area contributed by atoms with Gasteiger partial charge in [-0.2, -0.15) is 0 Å². The molecule has 0 saturated carbocycles. The first-order valence-corrected chi connectivity index (χ1v) is 8.18. The van der Waals surface area contributed by atoms with Crippen molar-refractivity contribution in [3.8, 4) is 5.75 Å². The number of benzene rings is 2. The molecule has 1 aliphatic rings. The zero-order valence-electron chi connectivity index (χ0n) is 13.0. The van der Waals surface area contributed by atoms with Crippen LogP contribution in [0.1, 0.15) is 51.1 Å². The second kappa shape index (κ2) is 6.07. The fourth-order valence-electron chi connectivity index (χ4n) is 3.76. The number of aromatic hydroxyl groups is 1. The van der Waals surface area contributed by atoms with Crippen molar-refractivity contribution in [2.75, 3.05) is 6.54 Å². The summed E-state index contributed by atoms with van der Waals surface area (Å²) in [5.74, 6) is 0.459. The van der Waals surface area contributed by atoms with Crippen LogP contribution in [0.5, 0.6) is 5.75 Å². The lowest BCUT2D eigenvalue weighted by Gasteiger charge is -2.40. The number of hydrogen-bond donors (Lipinski definition) is 1. The first kappa shape index (κ1) is 14.4. The van der Waals surface area contributed by atoms with Gasteiger partial charge in [0.05, 0.1) is 0 Å². The second-order valence-corrected chi connectivity index (χ2v) is 6.20. The minimum Gasteiger partial charge on any atom is -0.507 e. The average molecular weight is 283 g/mol. The van der Waals surface area contributed by atoms with E-state index in [9.17, 15) is 5.11 Å². The number of rotatable bonds is 3. The Hall–Kier alpha value is -1.54. The monoisotopic (exact) mass is 283 g/mol. The van der Waals surface area contributed by atoms with Gasteiger partial charge < -0.3 is 5.11 Å². The molecule has 2 nitrogen and oxygen atoms in total. The number of likely N-dealkylation sites (tertiary alicyclic amines) is 1. The van der Waals surface area contributed by atoms with Crippen molar-refractivity contribution < 1.29 is 5.11 Å². The fourth-order valence-corrected chi connectivity index (χ4v) is 3.76. The minimum atomic E-state index is 0.278. The lowest BCUT2D eigenvalue weighted by Crippen LogP contribution is -2.40. The van der Waals surface area contributed by atoms with Crippen molar-refractivity contribution in [1.29, 1.82) is 0 Å². The highest BCUT2D eigenvalue weighted by atomic mass is 16.3. The largest absolute Gasteiger partial charge is 0.507 e. The topological polar surface area (TPSA) is 23.5 Å². The average Bonchev–Trinajstić information content (AvgIpc) is 2.55. The zero-order chi connectivity index (χ0) is 14.8. The Kier molecular flexibility index (Phi) is 4.16. The molecular formula is C19H25NO. The third kappa shape index (κ3) is 2.65. The molecule has 1 aliphatic heterocycles. The molecule has 0 aromatic heterocycles. The van der Waals surface area contributed by atoms with Crippen LogP contribution in [0.25, 0.3) is 10.8 Å². The predicted octanol–water partition coefficient (Wildman–Crippen LogP) is 4.87. The van der Waals surface area contributed by atoms with Crippen LogP contribution in [0.4, 0.5) is 0 Å². The summed E-state index contributed by atoms with van der Waals surface area (Å²) in [4.78, 5) is 2.58. The summed E-state index contributed by atoms with van der Waals surface area (Å²) in [7, 11) is 0. The van der Waals surface area contributed by atoms with Crippen LogP contribution >= 0.6 is 0 Å². The van der Waals surface area contributed by atoms with Crippen molar-refractivity contribution >= 4 is 10.8 Å². The smallest absolute Gasteiger partial charge is 0.128 e. The highest BCUT2D eigenvalue weighted by molar-refractivity contribution is 5.89. The SMILES string of the molecule is CCC1CCCCN1C(C)c1ccc2ccccc2c1O. The molecule has 1 saturated heterocycles. The molecule has 1 fully saturated rings. The van der Waals surface area contributed by atoms with Gasteiger partial charge in [-0.05, 0) is 38.1 Å². The molecule has 0 spiro atoms. The van der Waals surface area contributed by atoms with Gasteiger partial charge in [0.15, 0.2) is 0 Å². The van der Waals surface area contributed by atoms with E-state index in [4.69, 9.17) is 0 Å². The van der Waals surface area contributed by atoms with Crippen LogP contribution in [-0.4, -0.2) is 22.6 Å². The van der Waals surface area contributed by atoms with Crippen molar-refractivity contribution in [1.82, 2.24) is 4.90 Å². The first-order chi connectivity index (χ1) is 10.2. The van der Waals surface area contributed by atoms with Gasteiger partial charge in [-0.15, -0.1) is 0 Å². The summed E-state index contributed by atoms with van der Waals surface area (Å²) in [5, 5.41) is 12.8. The van der Waals surface area contributed by atoms with E-state index in [2.05, 4.69) is 36.9 Å². The third-order valence-corrected chi connectivity index (χ3v) is 5.02. The van der Waals surface area contributed by atoms with Gasteiger partial charge in [-0.3, -0.25) is 4.90 Å². The zero-order valence-corrected chi connectivity index (χ0v) is 13.0. The normalized spacial score (nSPS) is 21.5. The Bertz CT molecular complexity index is 622. The highest BCUT2D eigenvalue weighted by Gasteiger charge is 2.27. The van der Waals surface area contributed by atoms with Crippen molar-refractivity contribution in [2.45, 2.75) is 51.6 Å². The van der Waals surface area contributed by atoms with Gasteiger partial charge in [0, 0.05) is 23.0 Å². The van der Waals surface area contributed by atoms with Gasteiger partial charge in [0.2, 0.25) is 0 Å². The van der Waals surface area contributed by atoms with Gasteiger partial charge in [0.1, 0.15) is 5.75 Å². The van der Waals surface area contributed by atoms with E-state index in [0.29, 0.717) is 11.8 Å². The molecule has 0 bridgehead atoms. The Morgan fingerprint density at radius 1 is 1.19 bits per heavy atom. The standard InChI is InChI=1S/C19H25NO/c1-3-16-9-6-7-13-20(16)14(2)17-12-11-15-8-4-5-10-18(15)19(17)21/h4-5,8,10-12,14,16,21H,3,6-7,9,13H2,1-2H3. The molecule has 0 radical (unpaired) electrons. The van der Waals surface area contributed by atoms with Crippen LogP contribution < -0.4 is 0 Å². The quantitative estimate of drug-likeness (QED) is 0.868. The molecule has 0 aliphatic carbocycles. The number of fused-ring (bicyclic) bond motifs is 1. The van der Waals surface area contributed by atoms with Crippen LogP contribution in [0, 0.1) is 0 Å². The third-order valence-electron chi connectivity index (χ3n) is 5.02. The van der Waals surface area contributed by atoms with E-state index in [0.717, 1.165) is 22.9 Å². The van der Waals surface area contributed by atoms with E-state index in [1.165, 1.54) is 25.7 Å².